The van der Waals surface area contributed by atoms with Gasteiger partial charge in [0.1, 0.15) is 6.20 Å². The summed E-state index contributed by atoms with van der Waals surface area (Å²) >= 11 is 0. The van der Waals surface area contributed by atoms with Crippen LogP contribution in [-0.2, 0) is 6.54 Å². The van der Waals surface area contributed by atoms with Gasteiger partial charge in [-0.1, -0.05) is 0 Å². The number of pyridine rings is 1. The maximum absolute atomic E-state index is 12.3. The lowest BCUT2D eigenvalue weighted by molar-refractivity contribution is -0.386. The summed E-state index contributed by atoms with van der Waals surface area (Å²) in [6.45, 7) is -0.0300. The topological polar surface area (TPSA) is 82.0 Å². The first-order chi connectivity index (χ1) is 6.56. The zero-order valence-corrected chi connectivity index (χ0v) is 6.98. The number of aromatic nitrogens is 1. The molecular formula is C7H7F2N3O2. The number of nitro groups is 1. The summed E-state index contributed by atoms with van der Waals surface area (Å²) in [4.78, 5) is 13.0. The standard InChI is InChI=1S/C7H7F2N3O2/c8-7(9)5-1-4(2-10)11-3-6(5)12(13)14/h1,3,7H,2,10H2. The minimum absolute atomic E-state index is 0.0300. The Hall–Kier alpha value is -1.63. The van der Waals surface area contributed by atoms with Crippen LogP contribution in [0.3, 0.4) is 0 Å². The van der Waals surface area contributed by atoms with Crippen LogP contribution in [0.25, 0.3) is 0 Å². The van der Waals surface area contributed by atoms with Crippen LogP contribution in [0.4, 0.5) is 14.5 Å². The highest BCUT2D eigenvalue weighted by atomic mass is 19.3. The summed E-state index contributed by atoms with van der Waals surface area (Å²) in [5.41, 5.74) is 4.04. The Bertz CT molecular complexity index is 357. The predicted molar refractivity (Wildman–Crippen MR) is 43.7 cm³/mol. The molecule has 0 fully saturated rings. The molecule has 0 aliphatic heterocycles. The highest BCUT2D eigenvalue weighted by Gasteiger charge is 2.22. The van der Waals surface area contributed by atoms with Crippen molar-refractivity contribution in [2.45, 2.75) is 13.0 Å². The van der Waals surface area contributed by atoms with Gasteiger partial charge >= 0.3 is 0 Å². The van der Waals surface area contributed by atoms with Gasteiger partial charge < -0.3 is 5.73 Å². The highest BCUT2D eigenvalue weighted by Crippen LogP contribution is 2.28. The van der Waals surface area contributed by atoms with Crippen molar-refractivity contribution in [3.63, 3.8) is 0 Å². The van der Waals surface area contributed by atoms with E-state index in [0.29, 0.717) is 0 Å². The second-order valence-corrected chi connectivity index (χ2v) is 2.50. The SMILES string of the molecule is NCc1cc(C(F)F)c([N+](=O)[O-])cn1. The Morgan fingerprint density at radius 1 is 1.64 bits per heavy atom. The van der Waals surface area contributed by atoms with E-state index >= 15 is 0 Å². The smallest absolute Gasteiger partial charge is 0.296 e. The minimum atomic E-state index is -2.90. The van der Waals surface area contributed by atoms with Crippen LogP contribution in [0.2, 0.25) is 0 Å². The normalized spacial score (nSPS) is 10.6. The number of alkyl halides is 2. The van der Waals surface area contributed by atoms with Gasteiger partial charge in [-0.2, -0.15) is 0 Å². The molecule has 76 valence electrons. The third-order valence-electron chi connectivity index (χ3n) is 1.61. The van der Waals surface area contributed by atoms with Crippen LogP contribution in [0, 0.1) is 10.1 Å². The lowest BCUT2D eigenvalue weighted by atomic mass is 10.2. The molecule has 0 amide bonds. The minimum Gasteiger partial charge on any atom is -0.325 e. The fourth-order valence-corrected chi connectivity index (χ4v) is 0.948. The maximum atomic E-state index is 12.3. The molecule has 5 nitrogen and oxygen atoms in total. The van der Waals surface area contributed by atoms with E-state index in [0.717, 1.165) is 12.3 Å². The average Bonchev–Trinajstić information content (AvgIpc) is 2.16. The van der Waals surface area contributed by atoms with Crippen molar-refractivity contribution in [1.29, 1.82) is 0 Å². The Balaban J connectivity index is 3.24. The fraction of sp³-hybridized carbons (Fsp3) is 0.286. The van der Waals surface area contributed by atoms with Crippen molar-refractivity contribution >= 4 is 5.69 Å². The van der Waals surface area contributed by atoms with Gasteiger partial charge in [0, 0.05) is 6.54 Å². The van der Waals surface area contributed by atoms with Crippen molar-refractivity contribution in [2.24, 2.45) is 5.73 Å². The number of halogens is 2. The Morgan fingerprint density at radius 2 is 2.29 bits per heavy atom. The molecule has 0 aromatic carbocycles. The van der Waals surface area contributed by atoms with Gasteiger partial charge in [0.05, 0.1) is 16.2 Å². The Labute approximate surface area is 77.7 Å². The van der Waals surface area contributed by atoms with Crippen molar-refractivity contribution in [2.75, 3.05) is 0 Å². The summed E-state index contributed by atoms with van der Waals surface area (Å²) in [7, 11) is 0. The molecule has 1 rings (SSSR count). The number of hydrogen-bond acceptors (Lipinski definition) is 4. The van der Waals surface area contributed by atoms with Crippen molar-refractivity contribution < 1.29 is 13.7 Å². The van der Waals surface area contributed by atoms with Gasteiger partial charge in [-0.3, -0.25) is 15.1 Å². The van der Waals surface area contributed by atoms with Crippen molar-refractivity contribution in [1.82, 2.24) is 4.98 Å². The van der Waals surface area contributed by atoms with Crippen LogP contribution in [0.15, 0.2) is 12.3 Å². The molecule has 0 saturated carbocycles. The molecule has 1 aromatic rings. The molecule has 0 unspecified atom stereocenters. The molecule has 0 atom stereocenters. The monoisotopic (exact) mass is 203 g/mol. The molecule has 0 saturated heterocycles. The third-order valence-corrected chi connectivity index (χ3v) is 1.61. The lowest BCUT2D eigenvalue weighted by Crippen LogP contribution is -2.03. The number of nitrogens with zero attached hydrogens (tertiary/aromatic N) is 2. The molecule has 0 spiro atoms. The summed E-state index contributed by atoms with van der Waals surface area (Å²) in [6, 6.07) is 0.947. The molecule has 0 bridgehead atoms. The van der Waals surface area contributed by atoms with Crippen LogP contribution >= 0.6 is 0 Å². The van der Waals surface area contributed by atoms with Gasteiger partial charge in [0.15, 0.2) is 0 Å². The van der Waals surface area contributed by atoms with Crippen LogP contribution in [0.1, 0.15) is 17.7 Å². The predicted octanol–water partition coefficient (Wildman–Crippen LogP) is 1.39. The lowest BCUT2D eigenvalue weighted by Gasteiger charge is -2.02. The van der Waals surface area contributed by atoms with E-state index in [2.05, 4.69) is 4.98 Å². The molecular weight excluding hydrogens is 196 g/mol. The van der Waals surface area contributed by atoms with E-state index < -0.39 is 22.6 Å². The average molecular weight is 203 g/mol. The maximum Gasteiger partial charge on any atom is 0.296 e. The van der Waals surface area contributed by atoms with Gasteiger partial charge in [-0.15, -0.1) is 0 Å². The van der Waals surface area contributed by atoms with Gasteiger partial charge in [-0.05, 0) is 6.07 Å². The van der Waals surface area contributed by atoms with Crippen molar-refractivity contribution in [3.05, 3.63) is 33.6 Å². The Morgan fingerprint density at radius 3 is 2.71 bits per heavy atom. The van der Waals surface area contributed by atoms with Gasteiger partial charge in [0.25, 0.3) is 12.1 Å². The van der Waals surface area contributed by atoms with Gasteiger partial charge in [-0.25, -0.2) is 8.78 Å². The van der Waals surface area contributed by atoms with Crippen LogP contribution in [-0.4, -0.2) is 9.91 Å². The largest absolute Gasteiger partial charge is 0.325 e. The second-order valence-electron chi connectivity index (χ2n) is 2.50. The van der Waals surface area contributed by atoms with Crippen LogP contribution in [0.5, 0.6) is 0 Å². The molecule has 1 aromatic heterocycles. The molecule has 0 radical (unpaired) electrons. The first-order valence-electron chi connectivity index (χ1n) is 3.67. The van der Waals surface area contributed by atoms with Gasteiger partial charge in [0.2, 0.25) is 0 Å². The first-order valence-corrected chi connectivity index (χ1v) is 3.67. The molecule has 2 N–H and O–H groups in total. The zero-order chi connectivity index (χ0) is 10.7. The van der Waals surface area contributed by atoms with E-state index in [-0.39, 0.29) is 12.2 Å². The number of rotatable bonds is 3. The fourth-order valence-electron chi connectivity index (χ4n) is 0.948. The number of hydrogen-bond donors (Lipinski definition) is 1. The van der Waals surface area contributed by atoms with E-state index in [1.54, 1.807) is 0 Å². The zero-order valence-electron chi connectivity index (χ0n) is 6.98. The Kier molecular flexibility index (Phi) is 3.03. The summed E-state index contributed by atoms with van der Waals surface area (Å²) < 4.78 is 24.7. The van der Waals surface area contributed by atoms with Crippen molar-refractivity contribution in [3.8, 4) is 0 Å². The van der Waals surface area contributed by atoms with Crippen LogP contribution < -0.4 is 5.73 Å². The third kappa shape index (κ3) is 1.99. The first kappa shape index (κ1) is 10.5. The van der Waals surface area contributed by atoms with E-state index in [9.17, 15) is 18.9 Å². The molecule has 14 heavy (non-hydrogen) atoms. The molecule has 7 heteroatoms. The highest BCUT2D eigenvalue weighted by molar-refractivity contribution is 5.39. The summed E-state index contributed by atoms with van der Waals surface area (Å²) in [5.74, 6) is 0. The molecule has 0 aliphatic rings. The summed E-state index contributed by atoms with van der Waals surface area (Å²) in [6.07, 6.45) is -2.10. The van der Waals surface area contributed by atoms with E-state index in [1.807, 2.05) is 0 Å². The quantitative estimate of drug-likeness (QED) is 0.594. The van der Waals surface area contributed by atoms with E-state index in [4.69, 9.17) is 5.73 Å². The molecule has 1 heterocycles. The number of nitrogens with two attached hydrogens (primary N) is 1. The summed E-state index contributed by atoms with van der Waals surface area (Å²) in [5, 5.41) is 10.3. The van der Waals surface area contributed by atoms with E-state index in [1.165, 1.54) is 0 Å². The second kappa shape index (κ2) is 4.05. The molecule has 0 aliphatic carbocycles.